The summed E-state index contributed by atoms with van der Waals surface area (Å²) in [4.78, 5) is 0. The third-order valence-electron chi connectivity index (χ3n) is 0. The molecule has 7 heavy (non-hydrogen) atoms. The van der Waals surface area contributed by atoms with Gasteiger partial charge in [-0.1, -0.05) is 0 Å². The van der Waals surface area contributed by atoms with Gasteiger partial charge in [0.2, 0.25) is 0 Å². The van der Waals surface area contributed by atoms with Gasteiger partial charge >= 0.3 is 64.6 Å². The van der Waals surface area contributed by atoms with Crippen LogP contribution in [0.15, 0.2) is 0 Å². The average Bonchev–Trinajstić information content (AvgIpc) is 0.592. The van der Waals surface area contributed by atoms with Crippen molar-refractivity contribution in [2.45, 2.75) is 0 Å². The molecule has 0 aromatic rings. The maximum atomic E-state index is 5.04. The molecule has 0 nitrogen and oxygen atoms in total. The second-order valence-corrected chi connectivity index (χ2v) is 40.3. The molecule has 0 unspecified atom stereocenters. The first-order valence-corrected chi connectivity index (χ1v) is 14.2. The van der Waals surface area contributed by atoms with E-state index in [-0.39, 0.29) is 0 Å². The van der Waals surface area contributed by atoms with E-state index in [1.165, 1.54) is 0 Å². The Labute approximate surface area is 63.9 Å². The number of halogens is 6. The van der Waals surface area contributed by atoms with Gasteiger partial charge in [0.05, 0.1) is 0 Å². The topological polar surface area (TPSA) is 0 Å². The zero-order valence-electron chi connectivity index (χ0n) is 2.62. The molecular formula is Cl6Ru-2. The van der Waals surface area contributed by atoms with E-state index in [0.717, 1.165) is 0 Å². The van der Waals surface area contributed by atoms with E-state index in [1.54, 1.807) is 0 Å². The third-order valence-corrected chi connectivity index (χ3v) is 0. The fourth-order valence-corrected chi connectivity index (χ4v) is 0. The van der Waals surface area contributed by atoms with Crippen LogP contribution in [0.2, 0.25) is 0 Å². The predicted molar refractivity (Wildman–Crippen MR) is 35.1 cm³/mol. The van der Waals surface area contributed by atoms with Crippen molar-refractivity contribution in [2.75, 3.05) is 0 Å². The molecule has 0 fully saturated rings. The van der Waals surface area contributed by atoms with Crippen LogP contribution in [0.1, 0.15) is 0 Å². The van der Waals surface area contributed by atoms with Gasteiger partial charge in [0.25, 0.3) is 0 Å². The number of rotatable bonds is 0. The second-order valence-electron chi connectivity index (χ2n) is 0.758. The molecule has 52 valence electrons. The molecular weight excluding hydrogens is 314 g/mol. The Morgan fingerprint density at radius 2 is 0.571 bits per heavy atom. The van der Waals surface area contributed by atoms with Gasteiger partial charge in [-0.25, -0.2) is 0 Å². The number of hydrogen-bond donors (Lipinski definition) is 0. The summed E-state index contributed by atoms with van der Waals surface area (Å²) < 4.78 is 0. The molecule has 0 N–H and O–H groups in total. The van der Waals surface area contributed by atoms with Crippen molar-refractivity contribution < 1.29 is 6.48 Å². The van der Waals surface area contributed by atoms with E-state index in [1.807, 2.05) is 0 Å². The first-order chi connectivity index (χ1) is 2.45. The van der Waals surface area contributed by atoms with Crippen LogP contribution in [0.3, 0.4) is 0 Å². The van der Waals surface area contributed by atoms with Crippen LogP contribution in [0, 0.1) is 0 Å². The summed E-state index contributed by atoms with van der Waals surface area (Å²) in [5.41, 5.74) is 0. The fraction of sp³-hybridized carbons (Fsp3) is 0. The van der Waals surface area contributed by atoms with Gasteiger partial charge in [0, 0.05) is 0 Å². The van der Waals surface area contributed by atoms with E-state index >= 15 is 0 Å². The van der Waals surface area contributed by atoms with E-state index in [2.05, 4.69) is 0 Å². The molecule has 0 aliphatic rings. The van der Waals surface area contributed by atoms with Gasteiger partial charge in [0.15, 0.2) is 0 Å². The van der Waals surface area contributed by atoms with Gasteiger partial charge in [-0.2, -0.15) is 0 Å². The van der Waals surface area contributed by atoms with E-state index in [4.69, 9.17) is 58.1 Å². The van der Waals surface area contributed by atoms with Gasteiger partial charge in [-0.05, 0) is 0 Å². The van der Waals surface area contributed by atoms with Gasteiger partial charge in [-0.15, -0.1) is 0 Å². The molecule has 7 heteroatoms. The standard InChI is InChI=1S/6ClH.Ru/h6*1H;/q;;;;;;+4/p-6. The van der Waals surface area contributed by atoms with E-state index in [0.29, 0.717) is 0 Å². The van der Waals surface area contributed by atoms with Gasteiger partial charge in [0.1, 0.15) is 0 Å². The predicted octanol–water partition coefficient (Wildman–Crippen LogP) is 4.13. The molecule has 0 spiro atoms. The van der Waals surface area contributed by atoms with Crippen LogP contribution in [0.5, 0.6) is 0 Å². The first kappa shape index (κ1) is 9.36. The minimum absolute atomic E-state index is 5.04. The van der Waals surface area contributed by atoms with Crippen molar-refractivity contribution in [3.63, 3.8) is 0 Å². The van der Waals surface area contributed by atoms with Gasteiger partial charge < -0.3 is 0 Å². The third kappa shape index (κ3) is 60.6. The summed E-state index contributed by atoms with van der Waals surface area (Å²) >= 11 is 0. The van der Waals surface area contributed by atoms with Crippen molar-refractivity contribution >= 4 is 58.1 Å². The Balaban J connectivity index is 4.43. The molecule has 0 aromatic heterocycles. The van der Waals surface area contributed by atoms with Crippen molar-refractivity contribution in [1.82, 2.24) is 0 Å². The minimum atomic E-state index is -5.22. The second kappa shape index (κ2) is 1.50. The molecule has 0 amide bonds. The molecule has 0 heterocycles. The zero-order valence-corrected chi connectivity index (χ0v) is 8.90. The summed E-state index contributed by atoms with van der Waals surface area (Å²) in [5.74, 6) is 0. The quantitative estimate of drug-likeness (QED) is 0.590. The molecule has 0 aromatic carbocycles. The van der Waals surface area contributed by atoms with Crippen molar-refractivity contribution in [3.05, 3.63) is 0 Å². The molecule has 0 atom stereocenters. The van der Waals surface area contributed by atoms with Crippen LogP contribution in [0.4, 0.5) is 0 Å². The van der Waals surface area contributed by atoms with Gasteiger partial charge in [-0.3, -0.25) is 0 Å². The number of hydrogen-bond acceptors (Lipinski definition) is 0. The summed E-state index contributed by atoms with van der Waals surface area (Å²) in [7, 11) is 30.3. The molecule has 0 bridgehead atoms. The molecule has 0 aliphatic carbocycles. The Kier molecular flexibility index (Phi) is 2.01. The first-order valence-electron chi connectivity index (χ1n) is 0.802. The molecule has 0 saturated heterocycles. The monoisotopic (exact) mass is 312 g/mol. The molecule has 0 saturated carbocycles. The van der Waals surface area contributed by atoms with Crippen LogP contribution in [0.25, 0.3) is 0 Å². The van der Waals surface area contributed by atoms with E-state index < -0.39 is 6.48 Å². The normalized spacial score (nSPS) is 23.1. The molecule has 0 aliphatic heterocycles. The molecule has 0 rings (SSSR count). The summed E-state index contributed by atoms with van der Waals surface area (Å²) in [5, 5.41) is 0. The Hall–Kier alpha value is 2.36. The van der Waals surface area contributed by atoms with Crippen LogP contribution >= 0.6 is 58.1 Å². The Bertz CT molecular complexity index is 62.7. The van der Waals surface area contributed by atoms with Crippen molar-refractivity contribution in [1.29, 1.82) is 0 Å². The SMILES string of the molecule is [Cl][Ru-2]([Cl])([Cl])([Cl])([Cl])[Cl]. The average molecular weight is 314 g/mol. The Morgan fingerprint density at radius 1 is 0.571 bits per heavy atom. The van der Waals surface area contributed by atoms with E-state index in [9.17, 15) is 0 Å². The summed E-state index contributed by atoms with van der Waals surface area (Å²) in [6.45, 7) is -5.22. The summed E-state index contributed by atoms with van der Waals surface area (Å²) in [6.07, 6.45) is 0. The van der Waals surface area contributed by atoms with Crippen LogP contribution in [-0.2, 0) is 6.48 Å². The van der Waals surface area contributed by atoms with Crippen molar-refractivity contribution in [3.8, 4) is 0 Å². The van der Waals surface area contributed by atoms with Crippen molar-refractivity contribution in [2.24, 2.45) is 0 Å². The maximum absolute atomic E-state index is 5.22. The molecule has 0 radical (unpaired) electrons. The Morgan fingerprint density at radius 3 is 0.571 bits per heavy atom. The summed E-state index contributed by atoms with van der Waals surface area (Å²) in [6, 6.07) is 0. The zero-order chi connectivity index (χ0) is 6.41. The van der Waals surface area contributed by atoms with Crippen LogP contribution in [-0.4, -0.2) is 0 Å². The van der Waals surface area contributed by atoms with Crippen LogP contribution < -0.4 is 0 Å². The fourth-order valence-electron chi connectivity index (χ4n) is 0.